The maximum absolute atomic E-state index is 12.8. The number of benzene rings is 1. The Morgan fingerprint density at radius 2 is 1.94 bits per heavy atom. The molecule has 1 aromatic carbocycles. The summed E-state index contributed by atoms with van der Waals surface area (Å²) in [4.78, 5) is 25.4. The average molecular weight is 470 g/mol. The highest BCUT2D eigenvalue weighted by atomic mass is 32.2. The second kappa shape index (κ2) is 12.0. The van der Waals surface area contributed by atoms with Gasteiger partial charge < -0.3 is 15.2 Å². The number of aromatic nitrogens is 3. The number of allylic oxidation sites excluding steroid dienone is 1. The van der Waals surface area contributed by atoms with Gasteiger partial charge in [0, 0.05) is 18.2 Å². The molecule has 0 radical (unpaired) electrons. The van der Waals surface area contributed by atoms with Crippen LogP contribution in [0.3, 0.4) is 0 Å². The standard InChI is InChI=1S/C25H35N5O2S/c1-5-15-30-23(22(17(2)3)27-24(32)19-12-7-6-8-13-19)28-29-25(30)33-16-21(31)26-20-14-10-9-11-18(20)4/h5-8,12-13,17-18,20,22H,1,9-11,14-16H2,2-4H3,(H,26,31)(H,27,32)/t18-,20+,22+/m0/s1. The maximum atomic E-state index is 12.8. The molecule has 1 saturated carbocycles. The van der Waals surface area contributed by atoms with Gasteiger partial charge in [0.2, 0.25) is 5.91 Å². The predicted molar refractivity (Wildman–Crippen MR) is 132 cm³/mol. The first kappa shape index (κ1) is 25.0. The molecular weight excluding hydrogens is 434 g/mol. The zero-order valence-corrected chi connectivity index (χ0v) is 20.6. The minimum atomic E-state index is -0.323. The van der Waals surface area contributed by atoms with Crippen LogP contribution in [-0.4, -0.2) is 38.4 Å². The van der Waals surface area contributed by atoms with Gasteiger partial charge in [-0.3, -0.25) is 9.59 Å². The van der Waals surface area contributed by atoms with Crippen LogP contribution in [0.1, 0.15) is 68.7 Å². The van der Waals surface area contributed by atoms with Crippen molar-refractivity contribution in [3.63, 3.8) is 0 Å². The molecule has 1 heterocycles. The minimum Gasteiger partial charge on any atom is -0.352 e. The van der Waals surface area contributed by atoms with E-state index in [1.54, 1.807) is 18.2 Å². The Hall–Kier alpha value is -2.61. The van der Waals surface area contributed by atoms with E-state index >= 15 is 0 Å². The molecule has 0 aliphatic heterocycles. The van der Waals surface area contributed by atoms with E-state index in [1.807, 2.05) is 36.6 Å². The van der Waals surface area contributed by atoms with Gasteiger partial charge >= 0.3 is 0 Å². The summed E-state index contributed by atoms with van der Waals surface area (Å²) < 4.78 is 1.93. The molecule has 1 aliphatic rings. The van der Waals surface area contributed by atoms with Crippen molar-refractivity contribution in [1.82, 2.24) is 25.4 Å². The Bertz CT molecular complexity index is 944. The van der Waals surface area contributed by atoms with E-state index in [4.69, 9.17) is 0 Å². The second-order valence-corrected chi connectivity index (χ2v) is 9.97. The monoisotopic (exact) mass is 469 g/mol. The summed E-state index contributed by atoms with van der Waals surface area (Å²) in [5, 5.41) is 15.7. The number of rotatable bonds is 10. The lowest BCUT2D eigenvalue weighted by atomic mass is 9.86. The fourth-order valence-corrected chi connectivity index (χ4v) is 4.96. The predicted octanol–water partition coefficient (Wildman–Crippen LogP) is 4.38. The Morgan fingerprint density at radius 3 is 2.61 bits per heavy atom. The second-order valence-electron chi connectivity index (χ2n) is 9.03. The lowest BCUT2D eigenvalue weighted by Gasteiger charge is -2.29. The Morgan fingerprint density at radius 1 is 1.21 bits per heavy atom. The molecular formula is C25H35N5O2S. The summed E-state index contributed by atoms with van der Waals surface area (Å²) in [6.07, 6.45) is 6.40. The summed E-state index contributed by atoms with van der Waals surface area (Å²) in [6.45, 7) is 10.6. The highest BCUT2D eigenvalue weighted by Gasteiger charge is 2.27. The van der Waals surface area contributed by atoms with E-state index in [0.29, 0.717) is 29.0 Å². The largest absolute Gasteiger partial charge is 0.352 e. The molecule has 1 aliphatic carbocycles. The van der Waals surface area contributed by atoms with Gasteiger partial charge in [0.25, 0.3) is 5.91 Å². The van der Waals surface area contributed by atoms with Gasteiger partial charge in [-0.1, -0.05) is 69.6 Å². The molecule has 3 rings (SSSR count). The van der Waals surface area contributed by atoms with Crippen LogP contribution >= 0.6 is 11.8 Å². The van der Waals surface area contributed by atoms with E-state index in [1.165, 1.54) is 31.0 Å². The van der Waals surface area contributed by atoms with Gasteiger partial charge in [-0.15, -0.1) is 16.8 Å². The third-order valence-electron chi connectivity index (χ3n) is 6.11. The topological polar surface area (TPSA) is 88.9 Å². The summed E-state index contributed by atoms with van der Waals surface area (Å²) >= 11 is 1.37. The molecule has 33 heavy (non-hydrogen) atoms. The van der Waals surface area contributed by atoms with Crippen molar-refractivity contribution in [1.29, 1.82) is 0 Å². The quantitative estimate of drug-likeness (QED) is 0.398. The normalized spacial score (nSPS) is 19.2. The van der Waals surface area contributed by atoms with Crippen LogP contribution in [0, 0.1) is 11.8 Å². The van der Waals surface area contributed by atoms with E-state index in [-0.39, 0.29) is 35.6 Å². The highest BCUT2D eigenvalue weighted by molar-refractivity contribution is 7.99. The number of nitrogens with zero attached hydrogens (tertiary/aromatic N) is 3. The summed E-state index contributed by atoms with van der Waals surface area (Å²) in [5.74, 6) is 1.42. The van der Waals surface area contributed by atoms with Crippen LogP contribution in [0.5, 0.6) is 0 Å². The smallest absolute Gasteiger partial charge is 0.251 e. The molecule has 0 spiro atoms. The zero-order chi connectivity index (χ0) is 23.8. The molecule has 2 N–H and O–H groups in total. The number of nitrogens with one attached hydrogen (secondary N) is 2. The van der Waals surface area contributed by atoms with Crippen LogP contribution < -0.4 is 10.6 Å². The van der Waals surface area contributed by atoms with Crippen LogP contribution in [-0.2, 0) is 11.3 Å². The van der Waals surface area contributed by atoms with Crippen molar-refractivity contribution in [3.8, 4) is 0 Å². The van der Waals surface area contributed by atoms with Gasteiger partial charge in [-0.2, -0.15) is 0 Å². The molecule has 178 valence electrons. The van der Waals surface area contributed by atoms with Crippen LogP contribution in [0.2, 0.25) is 0 Å². The van der Waals surface area contributed by atoms with E-state index in [2.05, 4.69) is 34.3 Å². The molecule has 0 saturated heterocycles. The molecule has 0 unspecified atom stereocenters. The van der Waals surface area contributed by atoms with Crippen molar-refractivity contribution in [3.05, 3.63) is 54.4 Å². The van der Waals surface area contributed by atoms with Gasteiger partial charge in [0.15, 0.2) is 11.0 Å². The van der Waals surface area contributed by atoms with Crippen molar-refractivity contribution in [2.24, 2.45) is 11.8 Å². The Balaban J connectivity index is 1.70. The summed E-state index contributed by atoms with van der Waals surface area (Å²) in [7, 11) is 0. The van der Waals surface area contributed by atoms with Crippen LogP contribution in [0.15, 0.2) is 48.1 Å². The van der Waals surface area contributed by atoms with Crippen molar-refractivity contribution in [2.45, 2.75) is 70.2 Å². The average Bonchev–Trinajstić information content (AvgIpc) is 3.20. The highest BCUT2D eigenvalue weighted by Crippen LogP contribution is 2.27. The van der Waals surface area contributed by atoms with Crippen LogP contribution in [0.4, 0.5) is 0 Å². The first-order chi connectivity index (χ1) is 15.9. The number of thioether (sulfide) groups is 1. The fourth-order valence-electron chi connectivity index (χ4n) is 4.19. The third kappa shape index (κ3) is 6.69. The van der Waals surface area contributed by atoms with E-state index < -0.39 is 0 Å². The number of amides is 2. The third-order valence-corrected chi connectivity index (χ3v) is 7.08. The Labute approximate surface area is 200 Å². The summed E-state index contributed by atoms with van der Waals surface area (Å²) in [6, 6.07) is 9.07. The van der Waals surface area contributed by atoms with Crippen molar-refractivity contribution in [2.75, 3.05) is 5.75 Å². The van der Waals surface area contributed by atoms with Crippen molar-refractivity contribution >= 4 is 23.6 Å². The van der Waals surface area contributed by atoms with Gasteiger partial charge in [-0.05, 0) is 36.8 Å². The van der Waals surface area contributed by atoms with Crippen LogP contribution in [0.25, 0.3) is 0 Å². The minimum absolute atomic E-state index is 0.0197. The number of carbonyl (C=O) groups excluding carboxylic acids is 2. The lowest BCUT2D eigenvalue weighted by molar-refractivity contribution is -0.119. The van der Waals surface area contributed by atoms with Crippen molar-refractivity contribution < 1.29 is 9.59 Å². The first-order valence-corrected chi connectivity index (χ1v) is 12.7. The first-order valence-electron chi connectivity index (χ1n) is 11.7. The summed E-state index contributed by atoms with van der Waals surface area (Å²) in [5.41, 5.74) is 0.598. The SMILES string of the molecule is C=CCn1c(SCC(=O)N[C@@H]2CCCC[C@@H]2C)nnc1[C@H](NC(=O)c1ccccc1)C(C)C. The molecule has 0 bridgehead atoms. The lowest BCUT2D eigenvalue weighted by Crippen LogP contribution is -2.41. The molecule has 3 atom stereocenters. The molecule has 8 heteroatoms. The fraction of sp³-hybridized carbons (Fsp3) is 0.520. The molecule has 1 aromatic heterocycles. The van der Waals surface area contributed by atoms with E-state index in [9.17, 15) is 9.59 Å². The number of hydrogen-bond donors (Lipinski definition) is 2. The van der Waals surface area contributed by atoms with E-state index in [0.717, 1.165) is 6.42 Å². The van der Waals surface area contributed by atoms with Gasteiger partial charge in [-0.25, -0.2) is 0 Å². The number of hydrogen-bond acceptors (Lipinski definition) is 5. The molecule has 2 aromatic rings. The zero-order valence-electron chi connectivity index (χ0n) is 19.8. The molecule has 7 nitrogen and oxygen atoms in total. The molecule has 2 amide bonds. The molecule has 1 fully saturated rings. The maximum Gasteiger partial charge on any atom is 0.251 e. The Kier molecular flexibility index (Phi) is 9.11. The van der Waals surface area contributed by atoms with Gasteiger partial charge in [0.05, 0.1) is 11.8 Å². The van der Waals surface area contributed by atoms with Gasteiger partial charge in [0.1, 0.15) is 0 Å². The number of carbonyl (C=O) groups is 2.